The van der Waals surface area contributed by atoms with Gasteiger partial charge in [0.15, 0.2) is 20.4 Å². The summed E-state index contributed by atoms with van der Waals surface area (Å²) in [5, 5.41) is 0.153. The number of ether oxygens (including phenoxy) is 3. The Kier molecular flexibility index (Phi) is 13.8. The summed E-state index contributed by atoms with van der Waals surface area (Å²) < 4.78 is 23.7. The van der Waals surface area contributed by atoms with Crippen molar-refractivity contribution >= 4 is 43.0 Å². The molecule has 0 aromatic carbocycles. The lowest BCUT2D eigenvalue weighted by atomic mass is 9.89. The summed E-state index contributed by atoms with van der Waals surface area (Å²) in [5.74, 6) is 0.132. The summed E-state index contributed by atoms with van der Waals surface area (Å²) in [6.07, 6.45) is 12.5. The lowest BCUT2D eigenvalue weighted by molar-refractivity contribution is -0.192. The number of allylic oxidation sites excluding steroid dienone is 1. The number of carbonyl (C=O) groups excluding carboxylic acids is 2. The second kappa shape index (κ2) is 16.3. The number of thiophene rings is 1. The van der Waals surface area contributed by atoms with Crippen molar-refractivity contribution in [2.24, 2.45) is 11.8 Å². The molecule has 1 aromatic heterocycles. The molecule has 42 heavy (non-hydrogen) atoms. The summed E-state index contributed by atoms with van der Waals surface area (Å²) in [5.41, 5.74) is 0. The highest BCUT2D eigenvalue weighted by Gasteiger charge is 2.43. The number of esters is 1. The van der Waals surface area contributed by atoms with Gasteiger partial charge in [0.05, 0.1) is 13.2 Å². The zero-order valence-electron chi connectivity index (χ0n) is 26.8. The molecule has 2 aliphatic rings. The Morgan fingerprint density at radius 3 is 2.64 bits per heavy atom. The smallest absolute Gasteiger partial charge is 0.348 e. The number of alkyl halides is 1. The maximum atomic E-state index is 12.9. The van der Waals surface area contributed by atoms with Gasteiger partial charge >= 0.3 is 5.97 Å². The summed E-state index contributed by atoms with van der Waals surface area (Å²) >= 11 is 8.43. The monoisotopic (exact) mass is 640 g/mol. The van der Waals surface area contributed by atoms with Crippen molar-refractivity contribution in [2.75, 3.05) is 13.7 Å². The van der Waals surface area contributed by atoms with Crippen LogP contribution in [0.15, 0.2) is 24.3 Å². The van der Waals surface area contributed by atoms with Crippen LogP contribution in [-0.2, 0) is 29.9 Å². The predicted octanol–water partition coefficient (Wildman–Crippen LogP) is 8.72. The Morgan fingerprint density at radius 1 is 1.21 bits per heavy atom. The number of rotatable bonds is 15. The highest BCUT2D eigenvalue weighted by Crippen LogP contribution is 2.43. The number of hydrogen-bond donors (Lipinski definition) is 0. The van der Waals surface area contributed by atoms with Crippen molar-refractivity contribution in [3.8, 4) is 0 Å². The first kappa shape index (κ1) is 35.4. The molecule has 1 aliphatic carbocycles. The van der Waals surface area contributed by atoms with Crippen molar-refractivity contribution in [2.45, 2.75) is 134 Å². The van der Waals surface area contributed by atoms with Gasteiger partial charge in [-0.3, -0.25) is 4.79 Å². The molecule has 0 radical (unpaired) electrons. The average Bonchev–Trinajstić information content (AvgIpc) is 3.51. The van der Waals surface area contributed by atoms with E-state index in [1.54, 1.807) is 6.08 Å². The molecule has 1 aromatic rings. The molecule has 0 bridgehead atoms. The van der Waals surface area contributed by atoms with E-state index in [1.165, 1.54) is 18.4 Å². The Balaban J connectivity index is 1.57. The molecule has 238 valence electrons. The van der Waals surface area contributed by atoms with Gasteiger partial charge in [-0.05, 0) is 107 Å². The van der Waals surface area contributed by atoms with Gasteiger partial charge < -0.3 is 18.6 Å². The number of methoxy groups -OCH3 is 1. The molecule has 1 aliphatic heterocycles. The SMILES string of the molecule is COC(=O)c1ccc(CCC[C@@H]2[C@@H](C=CC(=O)CCCC(C)O[Si](C)(C)C(C)(C)C)[C@H](OC3CCCCO3)C[C@H]2Cl)s1. The lowest BCUT2D eigenvalue weighted by Gasteiger charge is -2.38. The molecule has 0 spiro atoms. The third-order valence-electron chi connectivity index (χ3n) is 9.16. The van der Waals surface area contributed by atoms with Gasteiger partial charge in [-0.25, -0.2) is 4.79 Å². The highest BCUT2D eigenvalue weighted by molar-refractivity contribution is 7.13. The van der Waals surface area contributed by atoms with Crippen molar-refractivity contribution in [1.82, 2.24) is 0 Å². The van der Waals surface area contributed by atoms with E-state index in [4.69, 9.17) is 30.2 Å². The van der Waals surface area contributed by atoms with Crippen LogP contribution in [0.4, 0.5) is 0 Å². The zero-order chi connectivity index (χ0) is 30.9. The van der Waals surface area contributed by atoms with E-state index in [-0.39, 0.29) is 52.5 Å². The predicted molar refractivity (Wildman–Crippen MR) is 174 cm³/mol. The summed E-state index contributed by atoms with van der Waals surface area (Å²) in [4.78, 5) is 26.6. The molecular formula is C33H53ClO6SSi. The van der Waals surface area contributed by atoms with Crippen LogP contribution >= 0.6 is 22.9 Å². The van der Waals surface area contributed by atoms with Crippen LogP contribution in [0.5, 0.6) is 0 Å². The molecule has 2 heterocycles. The largest absolute Gasteiger partial charge is 0.465 e. The minimum absolute atomic E-state index is 0.0226. The second-order valence-electron chi connectivity index (χ2n) is 13.5. The Labute approximate surface area is 264 Å². The molecule has 1 saturated carbocycles. The van der Waals surface area contributed by atoms with Crippen LogP contribution in [0.3, 0.4) is 0 Å². The fourth-order valence-corrected chi connectivity index (χ4v) is 8.62. The fraction of sp³-hybridized carbons (Fsp3) is 0.758. The van der Waals surface area contributed by atoms with Crippen LogP contribution in [0, 0.1) is 11.8 Å². The van der Waals surface area contributed by atoms with Crippen molar-refractivity contribution in [1.29, 1.82) is 0 Å². The minimum atomic E-state index is -1.81. The second-order valence-corrected chi connectivity index (χ2v) is 20.0. The highest BCUT2D eigenvalue weighted by atomic mass is 35.5. The van der Waals surface area contributed by atoms with Crippen LogP contribution in [0.2, 0.25) is 18.1 Å². The van der Waals surface area contributed by atoms with Crippen LogP contribution in [0.25, 0.3) is 0 Å². The maximum Gasteiger partial charge on any atom is 0.348 e. The Bertz CT molecular complexity index is 1030. The first-order valence-electron chi connectivity index (χ1n) is 15.8. The van der Waals surface area contributed by atoms with Crippen molar-refractivity contribution in [3.05, 3.63) is 34.0 Å². The topological polar surface area (TPSA) is 71.1 Å². The van der Waals surface area contributed by atoms with E-state index < -0.39 is 8.32 Å². The molecule has 3 rings (SSSR count). The molecule has 6 nitrogen and oxygen atoms in total. The quantitative estimate of drug-likeness (QED) is 0.0826. The van der Waals surface area contributed by atoms with E-state index in [9.17, 15) is 9.59 Å². The van der Waals surface area contributed by atoms with Gasteiger partial charge in [0, 0.05) is 35.3 Å². The van der Waals surface area contributed by atoms with E-state index >= 15 is 0 Å². The third kappa shape index (κ3) is 10.6. The average molecular weight is 641 g/mol. The van der Waals surface area contributed by atoms with Gasteiger partial charge in [0.1, 0.15) is 4.88 Å². The van der Waals surface area contributed by atoms with Gasteiger partial charge in [-0.15, -0.1) is 22.9 Å². The standard InChI is InChI=1S/C33H53ClO6SSi/c1-23(40-42(6,7)33(2,3)4)12-10-13-24(35)17-19-27-26(15-11-14-25-18-20-30(41-25)32(36)37-5)28(34)22-29(27)39-31-16-8-9-21-38-31/h17-20,23,26-29,31H,8-16,21-22H2,1-7H3/t23?,26-,27-,28-,29-,31?/m1/s1. The van der Waals surface area contributed by atoms with Crippen LogP contribution < -0.4 is 0 Å². The van der Waals surface area contributed by atoms with E-state index in [0.29, 0.717) is 11.3 Å². The molecular weight excluding hydrogens is 588 g/mol. The molecule has 0 amide bonds. The first-order valence-corrected chi connectivity index (χ1v) is 19.9. The third-order valence-corrected chi connectivity index (χ3v) is 15.4. The summed E-state index contributed by atoms with van der Waals surface area (Å²) in [7, 11) is -0.408. The van der Waals surface area contributed by atoms with Gasteiger partial charge in [-0.2, -0.15) is 0 Å². The van der Waals surface area contributed by atoms with Crippen LogP contribution in [0.1, 0.15) is 100 Å². The van der Waals surface area contributed by atoms with Crippen molar-refractivity contribution < 1.29 is 28.2 Å². The molecule has 1 saturated heterocycles. The normalized spacial score (nSPS) is 26.0. The summed E-state index contributed by atoms with van der Waals surface area (Å²) in [6, 6.07) is 3.83. The number of halogens is 1. The van der Waals surface area contributed by atoms with E-state index in [1.807, 2.05) is 12.1 Å². The number of aryl methyl sites for hydroxylation is 1. The van der Waals surface area contributed by atoms with Gasteiger partial charge in [-0.1, -0.05) is 26.8 Å². The molecule has 2 fully saturated rings. The molecule has 2 unspecified atom stereocenters. The van der Waals surface area contributed by atoms with E-state index in [2.05, 4.69) is 46.9 Å². The zero-order valence-corrected chi connectivity index (χ0v) is 29.4. The number of hydrogen-bond acceptors (Lipinski definition) is 7. The van der Waals surface area contributed by atoms with Gasteiger partial charge in [0.2, 0.25) is 0 Å². The van der Waals surface area contributed by atoms with Gasteiger partial charge in [0.25, 0.3) is 0 Å². The summed E-state index contributed by atoms with van der Waals surface area (Å²) in [6.45, 7) is 14.2. The first-order chi connectivity index (χ1) is 19.8. The van der Waals surface area contributed by atoms with E-state index in [0.717, 1.165) is 69.3 Å². The molecule has 0 N–H and O–H groups in total. The minimum Gasteiger partial charge on any atom is -0.465 e. The number of ketones is 1. The Hall–Kier alpha value is -1.03. The molecule has 9 heteroatoms. The number of carbonyl (C=O) groups is 2. The lowest BCUT2D eigenvalue weighted by Crippen LogP contribution is -2.43. The fourth-order valence-electron chi connectivity index (χ4n) is 5.71. The van der Waals surface area contributed by atoms with Crippen molar-refractivity contribution in [3.63, 3.8) is 0 Å². The maximum absolute atomic E-state index is 12.9. The van der Waals surface area contributed by atoms with Crippen LogP contribution in [-0.4, -0.2) is 57.7 Å². The molecule has 6 atom stereocenters. The Morgan fingerprint density at radius 2 is 1.98 bits per heavy atom.